The van der Waals surface area contributed by atoms with Gasteiger partial charge in [0.25, 0.3) is 0 Å². The molecular formula is C62H76Cl2SiZr-2. The van der Waals surface area contributed by atoms with Crippen LogP contribution in [0.3, 0.4) is 0 Å². The molecule has 8 bridgehead atoms. The summed E-state index contributed by atoms with van der Waals surface area (Å²) >= 11 is 1.74. The van der Waals surface area contributed by atoms with Gasteiger partial charge < -0.3 is 24.8 Å². The first-order valence-electron chi connectivity index (χ1n) is 25.5. The maximum atomic E-state index is 2.49. The van der Waals surface area contributed by atoms with E-state index in [2.05, 4.69) is 166 Å². The predicted molar refractivity (Wildman–Crippen MR) is 274 cm³/mol. The van der Waals surface area contributed by atoms with Crippen molar-refractivity contribution >= 4 is 27.0 Å². The molecule has 0 amide bonds. The third-order valence-electron chi connectivity index (χ3n) is 17.7. The minimum Gasteiger partial charge on any atom is -1.00 e. The Morgan fingerprint density at radius 3 is 1.00 bits per heavy atom. The Balaban J connectivity index is 0.000000162. The van der Waals surface area contributed by atoms with Crippen LogP contribution < -0.4 is 24.8 Å². The third-order valence-corrected chi connectivity index (χ3v) is 17.7. The summed E-state index contributed by atoms with van der Waals surface area (Å²) in [5.74, 6) is 6.04. The summed E-state index contributed by atoms with van der Waals surface area (Å²) in [7, 11) is 0. The SMILES string of the molecule is C[Si](C)=[Zr+2].Cc1c(C(C)(C)C)[cH-]c2cccc(-c3ccc(C45CC6CC(CC(C6)C4)C5)cc3)c12.Cc1c(C(C)(C)C)[cH-]c2cccc(-c3ccc(C45CC6CC(CC(C6)C4)C5)cc3)c12.[Cl-].[Cl-]. The van der Waals surface area contributed by atoms with Crippen LogP contribution in [0.1, 0.15) is 152 Å². The van der Waals surface area contributed by atoms with Crippen LogP contribution in [0, 0.1) is 49.4 Å². The van der Waals surface area contributed by atoms with E-state index in [-0.39, 0.29) is 41.1 Å². The summed E-state index contributed by atoms with van der Waals surface area (Å²) in [4.78, 5) is 0. The fourth-order valence-corrected chi connectivity index (χ4v) is 16.0. The van der Waals surface area contributed by atoms with Gasteiger partial charge in [0.15, 0.2) is 0 Å². The van der Waals surface area contributed by atoms with Gasteiger partial charge in [-0.1, -0.05) is 127 Å². The third kappa shape index (κ3) is 9.40. The molecule has 8 aliphatic rings. The molecule has 0 spiro atoms. The molecule has 0 aromatic heterocycles. The van der Waals surface area contributed by atoms with Gasteiger partial charge in [-0.3, -0.25) is 0 Å². The van der Waals surface area contributed by atoms with E-state index in [1.54, 1.807) is 34.5 Å². The molecule has 348 valence electrons. The van der Waals surface area contributed by atoms with E-state index in [1.807, 2.05) is 0 Å². The molecule has 0 nitrogen and oxygen atoms in total. The zero-order chi connectivity index (χ0) is 44.9. The first kappa shape index (κ1) is 50.2. The van der Waals surface area contributed by atoms with Crippen LogP contribution in [-0.4, -0.2) is 5.43 Å². The second-order valence-corrected chi connectivity index (χ2v) is 34.3. The number of rotatable bonds is 4. The van der Waals surface area contributed by atoms with Crippen LogP contribution in [0.15, 0.2) is 97.1 Å². The van der Waals surface area contributed by atoms with Crippen molar-refractivity contribution in [3.63, 3.8) is 0 Å². The molecular weight excluding hydrogens is 935 g/mol. The molecule has 4 heteroatoms. The zero-order valence-electron chi connectivity index (χ0n) is 41.9. The summed E-state index contributed by atoms with van der Waals surface area (Å²) in [6.07, 6.45) is 17.8. The summed E-state index contributed by atoms with van der Waals surface area (Å²) in [5, 5.41) is 5.68. The standard InChI is InChI=1S/2C30H35.C2H6Si.2ClH.Zr/c2*1-19-27(29(2,3)4)15-24-6-5-7-26(28(19)24)23-8-10-25(11-9-23)30-16-20-12-21(17-30)14-22(13-20)18-30;1-3-2;;;/h2*5-11,15,20-22H,12-14,16-18H2,1-4H3;1-2H3;2*1H;/q2*-1;;;;+2/p-2. The minimum atomic E-state index is 0. The maximum absolute atomic E-state index is 2.49. The van der Waals surface area contributed by atoms with E-state index < -0.39 is 0 Å². The van der Waals surface area contributed by atoms with E-state index in [0.717, 1.165) is 35.5 Å². The van der Waals surface area contributed by atoms with E-state index in [1.165, 1.54) is 143 Å². The first-order valence-corrected chi connectivity index (χ1v) is 31.7. The summed E-state index contributed by atoms with van der Waals surface area (Å²) in [6, 6.07) is 38.2. The van der Waals surface area contributed by atoms with E-state index >= 15 is 0 Å². The molecule has 0 heterocycles. The van der Waals surface area contributed by atoms with E-state index in [0.29, 0.717) is 10.8 Å². The Bertz CT molecular complexity index is 2440. The van der Waals surface area contributed by atoms with Crippen molar-refractivity contribution in [1.82, 2.24) is 0 Å². The Labute approximate surface area is 427 Å². The molecule has 14 rings (SSSR count). The van der Waals surface area contributed by atoms with Crippen LogP contribution in [0.2, 0.25) is 13.1 Å². The van der Waals surface area contributed by atoms with Gasteiger partial charge in [0.05, 0.1) is 0 Å². The van der Waals surface area contributed by atoms with E-state index in [4.69, 9.17) is 0 Å². The smallest absolute Gasteiger partial charge is 0.00391 e. The predicted octanol–water partition coefficient (Wildman–Crippen LogP) is 11.4. The quantitative estimate of drug-likeness (QED) is 0.122. The fraction of sp³-hybridized carbons (Fsp3) is 0.516. The molecule has 66 heavy (non-hydrogen) atoms. The molecule has 0 aliphatic heterocycles. The van der Waals surface area contributed by atoms with Gasteiger partial charge in [-0.25, -0.2) is 0 Å². The molecule has 0 saturated heterocycles. The largest absolute Gasteiger partial charge is 1.00 e. The van der Waals surface area contributed by atoms with Crippen molar-refractivity contribution in [1.29, 1.82) is 0 Å². The Kier molecular flexibility index (Phi) is 14.3. The van der Waals surface area contributed by atoms with E-state index in [9.17, 15) is 0 Å². The fourth-order valence-electron chi connectivity index (χ4n) is 16.0. The average Bonchev–Trinajstić information content (AvgIpc) is 3.77. The van der Waals surface area contributed by atoms with Gasteiger partial charge in [-0.05, 0) is 156 Å². The van der Waals surface area contributed by atoms with Crippen LogP contribution in [0.25, 0.3) is 43.8 Å². The monoisotopic (exact) mass is 1010 g/mol. The molecule has 8 fully saturated rings. The van der Waals surface area contributed by atoms with Gasteiger partial charge in [0, 0.05) is 0 Å². The van der Waals surface area contributed by atoms with Crippen molar-refractivity contribution in [3.8, 4) is 22.3 Å². The maximum Gasteiger partial charge on any atom is -0.00391 e. The normalized spacial score (nSPS) is 28.0. The van der Waals surface area contributed by atoms with Crippen molar-refractivity contribution < 1.29 is 48.1 Å². The molecule has 0 N–H and O–H groups in total. The van der Waals surface area contributed by atoms with Crippen molar-refractivity contribution in [2.24, 2.45) is 35.5 Å². The molecule has 6 aromatic carbocycles. The first-order chi connectivity index (χ1) is 30.4. The summed E-state index contributed by atoms with van der Waals surface area (Å²) < 4.78 is 0. The second-order valence-electron chi connectivity index (χ2n) is 25.0. The van der Waals surface area contributed by atoms with Crippen LogP contribution >= 0.6 is 0 Å². The molecule has 8 saturated carbocycles. The molecule has 8 aliphatic carbocycles. The topological polar surface area (TPSA) is 0 Å². The number of benzene rings is 4. The summed E-state index contributed by atoms with van der Waals surface area (Å²) in [5.41, 5.74) is 16.3. The van der Waals surface area contributed by atoms with Gasteiger partial charge in [-0.2, -0.15) is 11.1 Å². The number of fused-ring (bicyclic) bond motifs is 2. The van der Waals surface area contributed by atoms with Crippen LogP contribution in [-0.2, 0) is 45.0 Å². The van der Waals surface area contributed by atoms with Crippen molar-refractivity contribution in [3.05, 3.63) is 130 Å². The Morgan fingerprint density at radius 2 is 0.742 bits per heavy atom. The minimum absolute atomic E-state index is 0. The number of hydrogen-bond acceptors (Lipinski definition) is 0. The average molecular weight is 1010 g/mol. The summed E-state index contributed by atoms with van der Waals surface area (Å²) in [6.45, 7) is 23.2. The molecule has 0 unspecified atom stereocenters. The van der Waals surface area contributed by atoms with Gasteiger partial charge in [-0.15, -0.1) is 69.1 Å². The van der Waals surface area contributed by atoms with Crippen molar-refractivity contribution in [2.75, 3.05) is 0 Å². The van der Waals surface area contributed by atoms with Crippen LogP contribution in [0.5, 0.6) is 0 Å². The van der Waals surface area contributed by atoms with Gasteiger partial charge >= 0.3 is 41.9 Å². The Morgan fingerprint density at radius 1 is 0.470 bits per heavy atom. The van der Waals surface area contributed by atoms with Crippen molar-refractivity contribution in [2.45, 2.75) is 167 Å². The van der Waals surface area contributed by atoms with Gasteiger partial charge in [0.2, 0.25) is 0 Å². The Hall–Kier alpha value is -2.22. The number of aryl methyl sites for hydroxylation is 2. The molecule has 0 atom stereocenters. The zero-order valence-corrected chi connectivity index (χ0v) is 46.9. The van der Waals surface area contributed by atoms with Gasteiger partial charge in [0.1, 0.15) is 0 Å². The molecule has 0 radical (unpaired) electrons. The number of hydrogen-bond donors (Lipinski definition) is 0. The number of halogens is 2. The molecule has 6 aromatic rings. The van der Waals surface area contributed by atoms with Crippen LogP contribution in [0.4, 0.5) is 0 Å². The second kappa shape index (κ2) is 18.8.